The minimum absolute atomic E-state index is 0.121. The lowest BCUT2D eigenvalue weighted by atomic mass is 10.2. The summed E-state index contributed by atoms with van der Waals surface area (Å²) in [6, 6.07) is 0.121. The Kier molecular flexibility index (Phi) is 2.54. The molecule has 0 aliphatic heterocycles. The topological polar surface area (TPSA) is 32.9 Å². The normalized spacial score (nSPS) is 12.9. The Morgan fingerprint density at radius 2 is 1.67 bits per heavy atom. The summed E-state index contributed by atoms with van der Waals surface area (Å²) in [4.78, 5) is 12.1. The first kappa shape index (κ1) is 11.6. The monoisotopic (exact) mass is 231 g/mol. The van der Waals surface area contributed by atoms with Crippen LogP contribution in [0.1, 0.15) is 16.1 Å². The van der Waals surface area contributed by atoms with Crippen LogP contribution < -0.4 is 0 Å². The van der Waals surface area contributed by atoms with E-state index in [4.69, 9.17) is 0 Å². The molecular weight excluding hydrogens is 228 g/mol. The largest absolute Gasteiger partial charge is 0.456 e. The number of ketones is 1. The van der Waals surface area contributed by atoms with Crippen molar-refractivity contribution in [1.29, 1.82) is 0 Å². The Balaban J connectivity index is 3.01. The lowest BCUT2D eigenvalue weighted by Crippen LogP contribution is -2.22. The summed E-state index contributed by atoms with van der Waals surface area (Å²) >= 11 is 0. The number of hydrogen-bond acceptors (Lipinski definition) is 1. The molecule has 15 heavy (non-hydrogen) atoms. The molecule has 1 rings (SSSR count). The number of carbonyl (C=O) groups is 1. The number of hydrogen-bond donors (Lipinski definition) is 1. The van der Waals surface area contributed by atoms with Crippen molar-refractivity contribution in [3.8, 4) is 0 Å². The van der Waals surface area contributed by atoms with E-state index in [1.54, 1.807) is 4.98 Å². The number of carbonyl (C=O) groups excluding carboxylic acids is 1. The highest BCUT2D eigenvalue weighted by Crippen LogP contribution is 2.31. The van der Waals surface area contributed by atoms with Crippen molar-refractivity contribution in [2.45, 2.75) is 12.4 Å². The third-order valence-electron chi connectivity index (χ3n) is 1.51. The van der Waals surface area contributed by atoms with Crippen LogP contribution in [0.2, 0.25) is 0 Å². The molecule has 0 saturated heterocycles. The minimum Gasteiger partial charge on any atom is -0.358 e. The zero-order valence-corrected chi connectivity index (χ0v) is 6.83. The van der Waals surface area contributed by atoms with E-state index in [0.29, 0.717) is 6.20 Å². The van der Waals surface area contributed by atoms with E-state index in [-0.39, 0.29) is 6.07 Å². The Bertz CT molecular complexity index is 374. The second-order valence-corrected chi connectivity index (χ2v) is 2.63. The standard InChI is InChI=1S/C7H3F6NO/c8-6(9,10)3-1-4(14-2-3)5(15)7(11,12)13/h1-2,14H. The predicted octanol–water partition coefficient (Wildman–Crippen LogP) is 2.78. The molecule has 1 N–H and O–H groups in total. The van der Waals surface area contributed by atoms with Gasteiger partial charge in [0.05, 0.1) is 11.3 Å². The van der Waals surface area contributed by atoms with Gasteiger partial charge in [0.15, 0.2) is 0 Å². The first-order chi connectivity index (χ1) is 6.62. The van der Waals surface area contributed by atoms with Gasteiger partial charge in [-0.2, -0.15) is 26.3 Å². The Labute approximate surface area is 78.9 Å². The Morgan fingerprint density at radius 1 is 1.13 bits per heavy atom. The van der Waals surface area contributed by atoms with E-state index in [1.165, 1.54) is 0 Å². The van der Waals surface area contributed by atoms with Crippen LogP contribution >= 0.6 is 0 Å². The van der Waals surface area contributed by atoms with Crippen molar-refractivity contribution in [2.75, 3.05) is 0 Å². The first-order valence-corrected chi connectivity index (χ1v) is 3.49. The highest BCUT2D eigenvalue weighted by molar-refractivity contribution is 5.98. The van der Waals surface area contributed by atoms with Gasteiger partial charge >= 0.3 is 12.4 Å². The van der Waals surface area contributed by atoms with Gasteiger partial charge in [-0.3, -0.25) is 4.79 Å². The van der Waals surface area contributed by atoms with Crippen molar-refractivity contribution >= 4 is 5.78 Å². The molecule has 0 spiro atoms. The lowest BCUT2D eigenvalue weighted by molar-refractivity contribution is -0.137. The van der Waals surface area contributed by atoms with Crippen molar-refractivity contribution in [3.63, 3.8) is 0 Å². The number of alkyl halides is 6. The van der Waals surface area contributed by atoms with E-state index in [1.807, 2.05) is 0 Å². The summed E-state index contributed by atoms with van der Waals surface area (Å²) in [5.74, 6) is -2.34. The smallest absolute Gasteiger partial charge is 0.358 e. The van der Waals surface area contributed by atoms with Crippen molar-refractivity contribution < 1.29 is 31.1 Å². The molecule has 1 aromatic rings. The van der Waals surface area contributed by atoms with Crippen LogP contribution in [0.4, 0.5) is 26.3 Å². The molecule has 0 aliphatic rings. The minimum atomic E-state index is -5.19. The maximum atomic E-state index is 11.9. The molecule has 84 valence electrons. The van der Waals surface area contributed by atoms with E-state index in [2.05, 4.69) is 0 Å². The third-order valence-corrected chi connectivity index (χ3v) is 1.51. The summed E-state index contributed by atoms with van der Waals surface area (Å²) in [7, 11) is 0. The van der Waals surface area contributed by atoms with Gasteiger partial charge in [-0.1, -0.05) is 0 Å². The van der Waals surface area contributed by atoms with Crippen LogP contribution in [-0.2, 0) is 6.18 Å². The summed E-state index contributed by atoms with van der Waals surface area (Å²) in [6.45, 7) is 0. The fourth-order valence-corrected chi connectivity index (χ4v) is 0.842. The second kappa shape index (κ2) is 3.28. The molecule has 1 heterocycles. The van der Waals surface area contributed by atoms with Crippen LogP contribution in [-0.4, -0.2) is 16.9 Å². The summed E-state index contributed by atoms with van der Waals surface area (Å²) in [5.41, 5.74) is -2.45. The average Bonchev–Trinajstić information content (AvgIpc) is 2.47. The van der Waals surface area contributed by atoms with Crippen LogP contribution in [0.15, 0.2) is 12.3 Å². The van der Waals surface area contributed by atoms with Crippen molar-refractivity contribution in [3.05, 3.63) is 23.5 Å². The molecule has 1 aromatic heterocycles. The van der Waals surface area contributed by atoms with Gasteiger partial charge in [0, 0.05) is 6.20 Å². The van der Waals surface area contributed by atoms with Gasteiger partial charge < -0.3 is 4.98 Å². The average molecular weight is 231 g/mol. The third kappa shape index (κ3) is 2.51. The van der Waals surface area contributed by atoms with Gasteiger partial charge in [-0.25, -0.2) is 0 Å². The number of Topliss-reactive ketones (excluding diaryl/α,β-unsaturated/α-hetero) is 1. The fraction of sp³-hybridized carbons (Fsp3) is 0.286. The van der Waals surface area contributed by atoms with E-state index < -0.39 is 29.4 Å². The second-order valence-electron chi connectivity index (χ2n) is 2.63. The molecule has 0 aromatic carbocycles. The molecule has 2 nitrogen and oxygen atoms in total. The number of H-pyrrole nitrogens is 1. The fourth-order valence-electron chi connectivity index (χ4n) is 0.842. The molecule has 0 atom stereocenters. The number of aromatic amines is 1. The highest BCUT2D eigenvalue weighted by atomic mass is 19.4. The summed E-state index contributed by atoms with van der Waals surface area (Å²) < 4.78 is 71.2. The summed E-state index contributed by atoms with van der Waals surface area (Å²) in [6.07, 6.45) is -9.66. The van der Waals surface area contributed by atoms with Crippen LogP contribution in [0.5, 0.6) is 0 Å². The maximum Gasteiger partial charge on any atom is 0.456 e. The Hall–Kier alpha value is -1.47. The molecule has 0 aliphatic carbocycles. The quantitative estimate of drug-likeness (QED) is 0.585. The number of halogens is 6. The molecule has 0 fully saturated rings. The molecule has 0 amide bonds. The number of rotatable bonds is 1. The zero-order chi connectivity index (χ0) is 11.9. The van der Waals surface area contributed by atoms with Crippen molar-refractivity contribution in [2.24, 2.45) is 0 Å². The van der Waals surface area contributed by atoms with Gasteiger partial charge in [0.25, 0.3) is 5.78 Å². The van der Waals surface area contributed by atoms with E-state index in [0.717, 1.165) is 0 Å². The van der Waals surface area contributed by atoms with Gasteiger partial charge in [0.2, 0.25) is 0 Å². The molecule has 8 heteroatoms. The predicted molar refractivity (Wildman–Crippen MR) is 36.2 cm³/mol. The summed E-state index contributed by atoms with van der Waals surface area (Å²) in [5, 5.41) is 0. The lowest BCUT2D eigenvalue weighted by Gasteiger charge is -2.02. The SMILES string of the molecule is O=C(c1cc(C(F)(F)F)c[nH]1)C(F)(F)F. The van der Waals surface area contributed by atoms with Crippen LogP contribution in [0.3, 0.4) is 0 Å². The first-order valence-electron chi connectivity index (χ1n) is 3.49. The van der Waals surface area contributed by atoms with E-state index in [9.17, 15) is 31.1 Å². The van der Waals surface area contributed by atoms with Gasteiger partial charge in [-0.05, 0) is 6.07 Å². The van der Waals surface area contributed by atoms with Crippen LogP contribution in [0.25, 0.3) is 0 Å². The zero-order valence-electron chi connectivity index (χ0n) is 6.83. The van der Waals surface area contributed by atoms with Crippen LogP contribution in [0, 0.1) is 0 Å². The number of nitrogens with one attached hydrogen (secondary N) is 1. The molecular formula is C7H3F6NO. The molecule has 0 radical (unpaired) electrons. The maximum absolute atomic E-state index is 11.9. The highest BCUT2D eigenvalue weighted by Gasteiger charge is 2.41. The van der Waals surface area contributed by atoms with Gasteiger partial charge in [-0.15, -0.1) is 0 Å². The Morgan fingerprint density at radius 3 is 2.00 bits per heavy atom. The molecule has 0 saturated carbocycles. The van der Waals surface area contributed by atoms with Gasteiger partial charge in [0.1, 0.15) is 0 Å². The molecule has 0 bridgehead atoms. The van der Waals surface area contributed by atoms with E-state index >= 15 is 0 Å². The molecule has 0 unspecified atom stereocenters. The number of aromatic nitrogens is 1. The van der Waals surface area contributed by atoms with Crippen molar-refractivity contribution in [1.82, 2.24) is 4.98 Å².